The van der Waals surface area contributed by atoms with E-state index in [4.69, 9.17) is 0 Å². The van der Waals surface area contributed by atoms with E-state index in [1.165, 1.54) is 6.07 Å². The zero-order chi connectivity index (χ0) is 19.7. The van der Waals surface area contributed by atoms with E-state index in [2.05, 4.69) is 25.6 Å². The van der Waals surface area contributed by atoms with Gasteiger partial charge >= 0.3 is 0 Å². The quantitative estimate of drug-likeness (QED) is 0.514. The third-order valence-corrected chi connectivity index (χ3v) is 6.94. The second kappa shape index (κ2) is 8.52. The highest BCUT2D eigenvalue weighted by molar-refractivity contribution is 9.10. The van der Waals surface area contributed by atoms with Crippen LogP contribution in [-0.4, -0.2) is 19.5 Å². The summed E-state index contributed by atoms with van der Waals surface area (Å²) in [4.78, 5) is 12.7. The first-order valence-corrected chi connectivity index (χ1v) is 11.3. The third-order valence-electron chi connectivity index (χ3n) is 4.05. The molecule has 0 atom stereocenters. The predicted molar refractivity (Wildman–Crippen MR) is 123 cm³/mol. The van der Waals surface area contributed by atoms with Gasteiger partial charge in [0.25, 0.3) is 15.9 Å². The number of halogens is 1. The summed E-state index contributed by atoms with van der Waals surface area (Å²) in [6.07, 6.45) is 1.69. The SMILES string of the molecule is C.O=C1NC(=NS(=O)(=O)c2cccc3ccccc23)S/C1=C\c1ccc(Br)cc1. The smallest absolute Gasteiger partial charge is 0.285 e. The van der Waals surface area contributed by atoms with Gasteiger partial charge in [0.15, 0.2) is 5.17 Å². The Labute approximate surface area is 182 Å². The summed E-state index contributed by atoms with van der Waals surface area (Å²) in [5.74, 6) is -0.375. The largest absolute Gasteiger partial charge is 0.300 e. The molecule has 8 heteroatoms. The van der Waals surface area contributed by atoms with Gasteiger partial charge in [0.2, 0.25) is 0 Å². The highest BCUT2D eigenvalue weighted by Gasteiger charge is 2.27. The van der Waals surface area contributed by atoms with Crippen LogP contribution in [-0.2, 0) is 14.8 Å². The molecule has 0 spiro atoms. The maximum atomic E-state index is 12.8. The second-order valence-corrected chi connectivity index (χ2v) is 9.48. The Kier molecular flexibility index (Phi) is 6.26. The summed E-state index contributed by atoms with van der Waals surface area (Å²) < 4.78 is 30.5. The van der Waals surface area contributed by atoms with E-state index < -0.39 is 10.0 Å². The molecule has 0 radical (unpaired) electrons. The van der Waals surface area contributed by atoms with Gasteiger partial charge in [0.1, 0.15) is 0 Å². The Morgan fingerprint density at radius 3 is 2.41 bits per heavy atom. The summed E-state index contributed by atoms with van der Waals surface area (Å²) in [6.45, 7) is 0. The molecule has 1 saturated heterocycles. The molecular formula is C21H17BrN2O3S2. The van der Waals surface area contributed by atoms with Crippen molar-refractivity contribution in [1.29, 1.82) is 0 Å². The van der Waals surface area contributed by atoms with E-state index in [9.17, 15) is 13.2 Å². The molecule has 1 fully saturated rings. The molecule has 0 bridgehead atoms. The monoisotopic (exact) mass is 488 g/mol. The van der Waals surface area contributed by atoms with Crippen LogP contribution in [0, 0.1) is 0 Å². The molecule has 148 valence electrons. The van der Waals surface area contributed by atoms with Crippen LogP contribution in [0.25, 0.3) is 16.8 Å². The van der Waals surface area contributed by atoms with Gasteiger partial charge in [-0.2, -0.15) is 8.42 Å². The number of fused-ring (bicyclic) bond motifs is 1. The fourth-order valence-corrected chi connectivity index (χ4v) is 5.24. The standard InChI is InChI=1S/C20H13BrN2O3S2.CH4/c21-15-10-8-13(9-11-15)12-17-19(24)22-20(27-17)23-28(25,26)18-7-3-5-14-4-1-2-6-16(14)18;/h1-12H,(H,22,23,24);1H4/b17-12-;. The molecule has 0 aromatic heterocycles. The van der Waals surface area contributed by atoms with Crippen molar-refractivity contribution in [2.24, 2.45) is 4.40 Å². The maximum Gasteiger partial charge on any atom is 0.285 e. The minimum atomic E-state index is -3.98. The molecule has 5 nitrogen and oxygen atoms in total. The molecule has 1 aliphatic rings. The fourth-order valence-electron chi connectivity index (χ4n) is 2.76. The third kappa shape index (κ3) is 4.60. The topological polar surface area (TPSA) is 75.6 Å². The Morgan fingerprint density at radius 2 is 1.66 bits per heavy atom. The highest BCUT2D eigenvalue weighted by Crippen LogP contribution is 2.29. The molecule has 0 aliphatic carbocycles. The van der Waals surface area contributed by atoms with E-state index in [1.54, 1.807) is 24.3 Å². The highest BCUT2D eigenvalue weighted by atomic mass is 79.9. The number of amidine groups is 1. The lowest BCUT2D eigenvalue weighted by Crippen LogP contribution is -2.20. The average molecular weight is 489 g/mol. The average Bonchev–Trinajstić information content (AvgIpc) is 3.01. The lowest BCUT2D eigenvalue weighted by Gasteiger charge is -2.04. The van der Waals surface area contributed by atoms with Crippen molar-refractivity contribution in [3.8, 4) is 0 Å². The summed E-state index contributed by atoms with van der Waals surface area (Å²) in [6, 6.07) is 19.7. The molecule has 0 unspecified atom stereocenters. The lowest BCUT2D eigenvalue weighted by molar-refractivity contribution is -0.115. The zero-order valence-corrected chi connectivity index (χ0v) is 17.5. The van der Waals surface area contributed by atoms with E-state index in [-0.39, 0.29) is 23.4 Å². The molecule has 3 aromatic carbocycles. The number of nitrogens with zero attached hydrogens (tertiary/aromatic N) is 1. The molecular weight excluding hydrogens is 472 g/mol. The van der Waals surface area contributed by atoms with Crippen LogP contribution in [0.4, 0.5) is 0 Å². The van der Waals surface area contributed by atoms with Crippen molar-refractivity contribution in [3.63, 3.8) is 0 Å². The van der Waals surface area contributed by atoms with Crippen LogP contribution in [0.3, 0.4) is 0 Å². The van der Waals surface area contributed by atoms with Crippen molar-refractivity contribution in [1.82, 2.24) is 5.32 Å². The molecule has 0 saturated carbocycles. The van der Waals surface area contributed by atoms with E-state index in [1.807, 2.05) is 42.5 Å². The first-order chi connectivity index (χ1) is 13.4. The number of benzene rings is 3. The van der Waals surface area contributed by atoms with Crippen LogP contribution in [0.5, 0.6) is 0 Å². The molecule has 4 rings (SSSR count). The van der Waals surface area contributed by atoms with Gasteiger partial charge in [0.05, 0.1) is 9.80 Å². The van der Waals surface area contributed by atoms with Crippen LogP contribution in [0.15, 0.2) is 85.4 Å². The summed E-state index contributed by atoms with van der Waals surface area (Å²) in [7, 11) is -3.98. The molecule has 3 aromatic rings. The fraction of sp³-hybridized carbons (Fsp3) is 0.0476. The molecule has 1 amide bonds. The summed E-state index contributed by atoms with van der Waals surface area (Å²) >= 11 is 4.37. The second-order valence-electron chi connectivity index (χ2n) is 5.97. The number of hydrogen-bond donors (Lipinski definition) is 1. The van der Waals surface area contributed by atoms with Crippen molar-refractivity contribution in [2.45, 2.75) is 12.3 Å². The van der Waals surface area contributed by atoms with Crippen LogP contribution >= 0.6 is 27.7 Å². The number of amides is 1. The van der Waals surface area contributed by atoms with Crippen LogP contribution in [0.2, 0.25) is 0 Å². The Bertz CT molecular complexity index is 1250. The summed E-state index contributed by atoms with van der Waals surface area (Å²) in [5.41, 5.74) is 0.832. The minimum absolute atomic E-state index is 0. The first-order valence-electron chi connectivity index (χ1n) is 8.22. The number of carbonyl (C=O) groups excluding carboxylic acids is 1. The van der Waals surface area contributed by atoms with E-state index in [0.717, 1.165) is 27.2 Å². The number of sulfonamides is 1. The van der Waals surface area contributed by atoms with Gasteiger partial charge in [-0.25, -0.2) is 0 Å². The van der Waals surface area contributed by atoms with Crippen LogP contribution < -0.4 is 5.32 Å². The number of carbonyl (C=O) groups is 1. The van der Waals surface area contributed by atoms with Crippen molar-refractivity contribution >= 4 is 65.6 Å². The Hall–Kier alpha value is -2.42. The number of rotatable bonds is 3. The zero-order valence-electron chi connectivity index (χ0n) is 14.3. The first kappa shape index (κ1) is 21.3. The minimum Gasteiger partial charge on any atom is -0.300 e. The van der Waals surface area contributed by atoms with Crippen LogP contribution in [0.1, 0.15) is 13.0 Å². The normalized spacial score (nSPS) is 16.8. The van der Waals surface area contributed by atoms with Gasteiger partial charge in [-0.05, 0) is 47.0 Å². The molecule has 1 heterocycles. The molecule has 29 heavy (non-hydrogen) atoms. The predicted octanol–water partition coefficient (Wildman–Crippen LogP) is 5.19. The van der Waals surface area contributed by atoms with E-state index in [0.29, 0.717) is 10.3 Å². The van der Waals surface area contributed by atoms with Gasteiger partial charge in [0, 0.05) is 9.86 Å². The van der Waals surface area contributed by atoms with Crippen molar-refractivity contribution in [3.05, 3.63) is 81.7 Å². The van der Waals surface area contributed by atoms with Crippen molar-refractivity contribution < 1.29 is 13.2 Å². The number of hydrogen-bond acceptors (Lipinski definition) is 4. The molecule has 1 N–H and O–H groups in total. The number of thioether (sulfide) groups is 1. The van der Waals surface area contributed by atoms with Gasteiger partial charge in [-0.1, -0.05) is 71.9 Å². The van der Waals surface area contributed by atoms with Crippen molar-refractivity contribution in [2.75, 3.05) is 0 Å². The van der Waals surface area contributed by atoms with Gasteiger partial charge in [-0.3, -0.25) is 10.1 Å². The number of nitrogens with one attached hydrogen (secondary N) is 1. The molecule has 1 aliphatic heterocycles. The lowest BCUT2D eigenvalue weighted by atomic mass is 10.1. The van der Waals surface area contributed by atoms with E-state index >= 15 is 0 Å². The maximum absolute atomic E-state index is 12.8. The van der Waals surface area contributed by atoms with Gasteiger partial charge in [-0.15, -0.1) is 4.40 Å². The Morgan fingerprint density at radius 1 is 0.966 bits per heavy atom. The Balaban J connectivity index is 0.00000240. The summed E-state index contributed by atoms with van der Waals surface area (Å²) in [5, 5.41) is 3.97. The van der Waals surface area contributed by atoms with Gasteiger partial charge < -0.3 is 0 Å².